The smallest absolute Gasteiger partial charge is 0.143 e. The molecule has 2 aromatic carbocycles. The van der Waals surface area contributed by atoms with Crippen LogP contribution in [0, 0.1) is 5.92 Å². The second-order valence-corrected chi connectivity index (χ2v) is 7.30. The van der Waals surface area contributed by atoms with E-state index in [1.807, 2.05) is 18.2 Å². The molecule has 0 bridgehead atoms. The van der Waals surface area contributed by atoms with Crippen LogP contribution in [0.4, 0.5) is 0 Å². The van der Waals surface area contributed by atoms with Crippen molar-refractivity contribution in [1.82, 2.24) is 15.0 Å². The van der Waals surface area contributed by atoms with E-state index < -0.39 is 0 Å². The number of phenols is 1. The first-order valence-electron chi connectivity index (χ1n) is 8.83. The van der Waals surface area contributed by atoms with E-state index in [1.54, 1.807) is 18.2 Å². The maximum Gasteiger partial charge on any atom is 0.143 e. The minimum atomic E-state index is 0.171. The zero-order chi connectivity index (χ0) is 18.0. The van der Waals surface area contributed by atoms with Crippen molar-refractivity contribution in [2.24, 2.45) is 5.92 Å². The minimum Gasteiger partial charge on any atom is -0.506 e. The Hall–Kier alpha value is -2.07. The number of hydrogen-bond donors (Lipinski definition) is 1. The fourth-order valence-corrected chi connectivity index (χ4v) is 3.07. The van der Waals surface area contributed by atoms with Gasteiger partial charge >= 0.3 is 0 Å². The zero-order valence-electron chi connectivity index (χ0n) is 14.9. The van der Waals surface area contributed by atoms with E-state index in [9.17, 15) is 5.11 Å². The number of phenolic OH excluding ortho intramolecular Hbond substituents is 1. The molecule has 3 aromatic rings. The Bertz CT molecular complexity index is 875. The lowest BCUT2D eigenvalue weighted by atomic mass is 9.91. The molecule has 2 atom stereocenters. The highest BCUT2D eigenvalue weighted by Gasteiger charge is 2.14. The molecule has 0 fully saturated rings. The average Bonchev–Trinajstić information content (AvgIpc) is 3.02. The first-order valence-corrected chi connectivity index (χ1v) is 9.21. The lowest BCUT2D eigenvalue weighted by Gasteiger charge is -2.16. The number of aromatic hydroxyl groups is 1. The summed E-state index contributed by atoms with van der Waals surface area (Å²) in [6.45, 7) is 6.75. The zero-order valence-corrected chi connectivity index (χ0v) is 15.7. The first-order chi connectivity index (χ1) is 12.0. The molecular weight excluding hydrogens is 334 g/mol. The second-order valence-electron chi connectivity index (χ2n) is 6.86. The Morgan fingerprint density at radius 2 is 1.80 bits per heavy atom. The number of hydrogen-bond acceptors (Lipinski definition) is 3. The molecule has 0 spiro atoms. The average molecular weight is 358 g/mol. The van der Waals surface area contributed by atoms with Crippen LogP contribution < -0.4 is 0 Å². The lowest BCUT2D eigenvalue weighted by Crippen LogP contribution is -2.03. The van der Waals surface area contributed by atoms with Gasteiger partial charge < -0.3 is 5.11 Å². The van der Waals surface area contributed by atoms with Gasteiger partial charge in [0.2, 0.25) is 0 Å². The highest BCUT2D eigenvalue weighted by molar-refractivity contribution is 6.31. The van der Waals surface area contributed by atoms with Crippen LogP contribution in [0.2, 0.25) is 5.02 Å². The summed E-state index contributed by atoms with van der Waals surface area (Å²) in [5.41, 5.74) is 3.25. The van der Waals surface area contributed by atoms with E-state index in [0.29, 0.717) is 22.1 Å². The van der Waals surface area contributed by atoms with Gasteiger partial charge in [-0.1, -0.05) is 51.3 Å². The molecule has 3 rings (SSSR count). The molecule has 0 saturated carbocycles. The third-order valence-corrected chi connectivity index (χ3v) is 5.15. The van der Waals surface area contributed by atoms with Gasteiger partial charge in [-0.25, -0.2) is 0 Å². The van der Waals surface area contributed by atoms with Crippen molar-refractivity contribution >= 4 is 22.6 Å². The highest BCUT2D eigenvalue weighted by atomic mass is 35.5. The molecule has 0 aliphatic rings. The van der Waals surface area contributed by atoms with Crippen molar-refractivity contribution in [2.45, 2.75) is 46.0 Å². The van der Waals surface area contributed by atoms with Crippen LogP contribution in [-0.2, 0) is 0 Å². The molecule has 0 saturated heterocycles. The third-order valence-electron chi connectivity index (χ3n) is 4.92. The molecule has 5 heteroatoms. The van der Waals surface area contributed by atoms with Crippen LogP contribution in [0.15, 0.2) is 36.4 Å². The summed E-state index contributed by atoms with van der Waals surface area (Å²) in [4.78, 5) is 1.49. The second kappa shape index (κ2) is 7.44. The van der Waals surface area contributed by atoms with Crippen molar-refractivity contribution in [1.29, 1.82) is 0 Å². The number of halogens is 1. The topological polar surface area (TPSA) is 50.9 Å². The largest absolute Gasteiger partial charge is 0.506 e. The third kappa shape index (κ3) is 3.96. The van der Waals surface area contributed by atoms with Crippen LogP contribution >= 0.6 is 11.6 Å². The van der Waals surface area contributed by atoms with Crippen LogP contribution in [0.25, 0.3) is 16.7 Å². The highest BCUT2D eigenvalue weighted by Crippen LogP contribution is 2.30. The standard InChI is InChI=1S/C20H24ClN3O/c1-4-13(2)5-6-14(3)15-7-10-20(25)19(11-15)24-22-17-9-8-16(21)12-18(17)23-24/h7-14,25H,4-6H2,1-3H3. The first kappa shape index (κ1) is 17.7. The fraction of sp³-hybridized carbons (Fsp3) is 0.400. The van der Waals surface area contributed by atoms with Crippen molar-refractivity contribution in [3.63, 3.8) is 0 Å². The maximum absolute atomic E-state index is 10.3. The number of fused-ring (bicyclic) bond motifs is 1. The van der Waals surface area contributed by atoms with Crippen LogP contribution in [0.3, 0.4) is 0 Å². The summed E-state index contributed by atoms with van der Waals surface area (Å²) < 4.78 is 0. The molecule has 132 valence electrons. The van der Waals surface area contributed by atoms with E-state index in [0.717, 1.165) is 17.9 Å². The lowest BCUT2D eigenvalue weighted by molar-refractivity contribution is 0.462. The molecule has 0 amide bonds. The van der Waals surface area contributed by atoms with Gasteiger partial charge in [0.15, 0.2) is 0 Å². The summed E-state index contributed by atoms with van der Waals surface area (Å²) in [7, 11) is 0. The molecule has 1 N–H and O–H groups in total. The van der Waals surface area contributed by atoms with Crippen molar-refractivity contribution < 1.29 is 5.11 Å². The Labute approximate surface area is 153 Å². The van der Waals surface area contributed by atoms with Gasteiger partial charge in [0.25, 0.3) is 0 Å². The van der Waals surface area contributed by atoms with Crippen LogP contribution in [0.5, 0.6) is 5.75 Å². The van der Waals surface area contributed by atoms with Crippen molar-refractivity contribution in [3.8, 4) is 11.4 Å². The van der Waals surface area contributed by atoms with Gasteiger partial charge in [-0.15, -0.1) is 15.0 Å². The van der Waals surface area contributed by atoms with Gasteiger partial charge in [-0.2, -0.15) is 0 Å². The molecule has 0 aliphatic carbocycles. The summed E-state index contributed by atoms with van der Waals surface area (Å²) in [5.74, 6) is 1.33. The number of aromatic nitrogens is 3. The van der Waals surface area contributed by atoms with Gasteiger partial charge in [0.05, 0.1) is 0 Å². The Morgan fingerprint density at radius 1 is 1.04 bits per heavy atom. The van der Waals surface area contributed by atoms with E-state index in [4.69, 9.17) is 11.6 Å². The number of rotatable bonds is 6. The van der Waals surface area contributed by atoms with Crippen LogP contribution in [0.1, 0.15) is 51.5 Å². The Morgan fingerprint density at radius 3 is 2.56 bits per heavy atom. The van der Waals surface area contributed by atoms with E-state index >= 15 is 0 Å². The summed E-state index contributed by atoms with van der Waals surface area (Å²) in [6, 6.07) is 11.1. The molecule has 1 heterocycles. The minimum absolute atomic E-state index is 0.171. The normalized spacial score (nSPS) is 13.9. The van der Waals surface area contributed by atoms with Gasteiger partial charge in [0, 0.05) is 5.02 Å². The van der Waals surface area contributed by atoms with Gasteiger partial charge in [0.1, 0.15) is 22.5 Å². The molecule has 1 aromatic heterocycles. The Kier molecular flexibility index (Phi) is 5.28. The summed E-state index contributed by atoms with van der Waals surface area (Å²) in [6.07, 6.45) is 3.54. The number of nitrogens with zero attached hydrogens (tertiary/aromatic N) is 3. The molecule has 25 heavy (non-hydrogen) atoms. The van der Waals surface area contributed by atoms with Gasteiger partial charge in [-0.05, 0) is 54.2 Å². The quantitative estimate of drug-likeness (QED) is 0.614. The predicted octanol–water partition coefficient (Wildman–Crippen LogP) is 5.71. The molecule has 4 nitrogen and oxygen atoms in total. The predicted molar refractivity (Wildman–Crippen MR) is 103 cm³/mol. The van der Waals surface area contributed by atoms with E-state index in [-0.39, 0.29) is 5.75 Å². The van der Waals surface area contributed by atoms with Crippen molar-refractivity contribution in [3.05, 3.63) is 47.0 Å². The molecule has 0 aliphatic heterocycles. The molecule has 2 unspecified atom stereocenters. The maximum atomic E-state index is 10.3. The van der Waals surface area contributed by atoms with E-state index in [1.165, 1.54) is 23.2 Å². The number of benzene rings is 2. The molecular formula is C20H24ClN3O. The summed E-state index contributed by atoms with van der Waals surface area (Å²) >= 11 is 6.02. The SMILES string of the molecule is CCC(C)CCC(C)c1ccc(O)c(-n2nc3ccc(Cl)cc3n2)c1. The molecule has 0 radical (unpaired) electrons. The van der Waals surface area contributed by atoms with Gasteiger partial charge in [-0.3, -0.25) is 0 Å². The van der Waals surface area contributed by atoms with E-state index in [2.05, 4.69) is 31.0 Å². The fourth-order valence-electron chi connectivity index (χ4n) is 2.91. The Balaban J connectivity index is 1.90. The van der Waals surface area contributed by atoms with Crippen molar-refractivity contribution in [2.75, 3.05) is 0 Å². The summed E-state index contributed by atoms with van der Waals surface area (Å²) in [5, 5.41) is 19.8. The monoisotopic (exact) mass is 357 g/mol. The van der Waals surface area contributed by atoms with Crippen LogP contribution in [-0.4, -0.2) is 20.1 Å².